The second kappa shape index (κ2) is 6.69. The summed E-state index contributed by atoms with van der Waals surface area (Å²) in [5.74, 6) is -0.453. The second-order valence-corrected chi connectivity index (χ2v) is 7.43. The molecule has 3 rings (SSSR count). The van der Waals surface area contributed by atoms with Crippen molar-refractivity contribution in [3.05, 3.63) is 49.6 Å². The number of ether oxygens (including phenoxy) is 1. The summed E-state index contributed by atoms with van der Waals surface area (Å²) in [5.41, 5.74) is 1.01. The smallest absolute Gasteiger partial charge is 0.354 e. The van der Waals surface area contributed by atoms with Crippen LogP contribution in [0.15, 0.2) is 35.4 Å². The number of hydrogen-bond acceptors (Lipinski definition) is 5. The van der Waals surface area contributed by atoms with Crippen LogP contribution in [-0.2, 0) is 9.53 Å². The molecule has 120 valence electrons. The van der Waals surface area contributed by atoms with E-state index in [2.05, 4.69) is 5.10 Å². The summed E-state index contributed by atoms with van der Waals surface area (Å²) in [4.78, 5) is 12.8. The van der Waals surface area contributed by atoms with Gasteiger partial charge in [0.05, 0.1) is 28.2 Å². The predicted octanol–water partition coefficient (Wildman–Crippen LogP) is 5.19. The van der Waals surface area contributed by atoms with E-state index in [0.29, 0.717) is 32.2 Å². The SMILES string of the molecule is COC(=O)C1=NN(c2ccc(Cl)cc2Cl)[C@@H](c2ccc(Cl)s2)C1. The highest BCUT2D eigenvalue weighted by molar-refractivity contribution is 7.16. The molecule has 0 fully saturated rings. The van der Waals surface area contributed by atoms with Gasteiger partial charge in [0.15, 0.2) is 0 Å². The molecule has 0 saturated carbocycles. The fourth-order valence-electron chi connectivity index (χ4n) is 2.37. The Bertz CT molecular complexity index is 791. The highest BCUT2D eigenvalue weighted by Crippen LogP contribution is 2.42. The van der Waals surface area contributed by atoms with Crippen molar-refractivity contribution in [2.75, 3.05) is 12.1 Å². The van der Waals surface area contributed by atoms with Crippen LogP contribution in [-0.4, -0.2) is 18.8 Å². The molecular weight excluding hydrogens is 379 g/mol. The predicted molar refractivity (Wildman–Crippen MR) is 95.1 cm³/mol. The van der Waals surface area contributed by atoms with Crippen molar-refractivity contribution in [2.45, 2.75) is 12.5 Å². The van der Waals surface area contributed by atoms with E-state index in [1.165, 1.54) is 18.4 Å². The normalized spacial score (nSPS) is 17.3. The number of carbonyl (C=O) groups excluding carboxylic acids is 1. The number of anilines is 1. The lowest BCUT2D eigenvalue weighted by Gasteiger charge is -2.23. The fraction of sp³-hybridized carbons (Fsp3) is 0.200. The van der Waals surface area contributed by atoms with Crippen molar-refractivity contribution < 1.29 is 9.53 Å². The van der Waals surface area contributed by atoms with E-state index in [9.17, 15) is 4.79 Å². The van der Waals surface area contributed by atoms with Gasteiger partial charge in [0.25, 0.3) is 0 Å². The summed E-state index contributed by atoms with van der Waals surface area (Å²) in [6, 6.07) is 8.72. The van der Waals surface area contributed by atoms with Crippen LogP contribution in [0.4, 0.5) is 5.69 Å². The molecule has 1 aromatic heterocycles. The topological polar surface area (TPSA) is 41.9 Å². The molecule has 1 aliphatic heterocycles. The molecule has 2 heterocycles. The zero-order valence-corrected chi connectivity index (χ0v) is 15.0. The largest absolute Gasteiger partial charge is 0.464 e. The van der Waals surface area contributed by atoms with Crippen LogP contribution in [0.5, 0.6) is 0 Å². The number of esters is 1. The van der Waals surface area contributed by atoms with Crippen molar-refractivity contribution in [3.8, 4) is 0 Å². The van der Waals surface area contributed by atoms with Gasteiger partial charge in [0.2, 0.25) is 0 Å². The Morgan fingerprint density at radius 2 is 2.09 bits per heavy atom. The Morgan fingerprint density at radius 3 is 2.70 bits per heavy atom. The molecule has 23 heavy (non-hydrogen) atoms. The van der Waals surface area contributed by atoms with Crippen molar-refractivity contribution in [2.24, 2.45) is 5.10 Å². The molecule has 1 atom stereocenters. The summed E-state index contributed by atoms with van der Waals surface area (Å²) < 4.78 is 5.46. The van der Waals surface area contributed by atoms with E-state index in [-0.39, 0.29) is 6.04 Å². The Balaban J connectivity index is 2.03. The van der Waals surface area contributed by atoms with E-state index in [1.807, 2.05) is 12.1 Å². The second-order valence-electron chi connectivity index (χ2n) is 4.84. The minimum Gasteiger partial charge on any atom is -0.464 e. The van der Waals surface area contributed by atoms with Crippen LogP contribution in [0.2, 0.25) is 14.4 Å². The number of thiophene rings is 1. The van der Waals surface area contributed by atoms with Gasteiger partial charge in [0.1, 0.15) is 5.71 Å². The summed E-state index contributed by atoms with van der Waals surface area (Å²) in [5, 5.41) is 7.11. The molecule has 2 aromatic rings. The van der Waals surface area contributed by atoms with Gasteiger partial charge in [-0.15, -0.1) is 11.3 Å². The third-order valence-corrected chi connectivity index (χ3v) is 5.28. The molecule has 1 aromatic carbocycles. The monoisotopic (exact) mass is 388 g/mol. The van der Waals surface area contributed by atoms with Gasteiger partial charge in [-0.3, -0.25) is 5.01 Å². The van der Waals surface area contributed by atoms with Gasteiger partial charge in [-0.25, -0.2) is 4.79 Å². The van der Waals surface area contributed by atoms with Crippen LogP contribution in [0.25, 0.3) is 0 Å². The first-order chi connectivity index (χ1) is 11.0. The number of rotatable bonds is 3. The Labute approximate surface area is 152 Å². The first kappa shape index (κ1) is 16.6. The van der Waals surface area contributed by atoms with Gasteiger partial charge in [-0.2, -0.15) is 5.10 Å². The lowest BCUT2D eigenvalue weighted by molar-refractivity contribution is -0.132. The molecule has 0 aliphatic carbocycles. The van der Waals surface area contributed by atoms with Crippen LogP contribution >= 0.6 is 46.1 Å². The number of benzene rings is 1. The van der Waals surface area contributed by atoms with Crippen LogP contribution in [0, 0.1) is 0 Å². The van der Waals surface area contributed by atoms with E-state index in [0.717, 1.165) is 4.88 Å². The summed E-state index contributed by atoms with van der Waals surface area (Å²) in [6.45, 7) is 0. The van der Waals surface area contributed by atoms with Gasteiger partial charge in [-0.1, -0.05) is 34.8 Å². The molecular formula is C15H11Cl3N2O2S. The third kappa shape index (κ3) is 3.33. The molecule has 8 heteroatoms. The Hall–Kier alpha value is -1.27. The van der Waals surface area contributed by atoms with Gasteiger partial charge >= 0.3 is 5.97 Å². The van der Waals surface area contributed by atoms with E-state index in [1.54, 1.807) is 23.2 Å². The van der Waals surface area contributed by atoms with E-state index in [4.69, 9.17) is 39.5 Å². The molecule has 1 aliphatic rings. The number of nitrogens with zero attached hydrogens (tertiary/aromatic N) is 2. The molecule has 0 N–H and O–H groups in total. The maximum atomic E-state index is 11.9. The molecule has 0 unspecified atom stereocenters. The van der Waals surface area contributed by atoms with Crippen LogP contribution in [0.3, 0.4) is 0 Å². The molecule has 4 nitrogen and oxygen atoms in total. The maximum absolute atomic E-state index is 11.9. The fourth-order valence-corrected chi connectivity index (χ4v) is 4.01. The number of methoxy groups -OCH3 is 1. The molecule has 0 bridgehead atoms. The highest BCUT2D eigenvalue weighted by Gasteiger charge is 2.34. The minimum absolute atomic E-state index is 0.166. The molecule has 0 saturated heterocycles. The van der Waals surface area contributed by atoms with Gasteiger partial charge in [0, 0.05) is 16.3 Å². The lowest BCUT2D eigenvalue weighted by atomic mass is 10.1. The average molecular weight is 390 g/mol. The van der Waals surface area contributed by atoms with Crippen molar-refractivity contribution in [3.63, 3.8) is 0 Å². The number of carbonyl (C=O) groups is 1. The Morgan fingerprint density at radius 1 is 1.30 bits per heavy atom. The van der Waals surface area contributed by atoms with E-state index >= 15 is 0 Å². The zero-order chi connectivity index (χ0) is 16.6. The van der Waals surface area contributed by atoms with Gasteiger partial charge < -0.3 is 4.74 Å². The average Bonchev–Trinajstić information content (AvgIpc) is 3.12. The zero-order valence-electron chi connectivity index (χ0n) is 11.9. The van der Waals surface area contributed by atoms with Crippen LogP contribution in [0.1, 0.15) is 17.3 Å². The molecule has 0 radical (unpaired) electrons. The van der Waals surface area contributed by atoms with Crippen LogP contribution < -0.4 is 5.01 Å². The number of hydrazone groups is 1. The highest BCUT2D eigenvalue weighted by atomic mass is 35.5. The lowest BCUT2D eigenvalue weighted by Crippen LogP contribution is -2.18. The Kier molecular flexibility index (Phi) is 4.82. The maximum Gasteiger partial charge on any atom is 0.354 e. The van der Waals surface area contributed by atoms with E-state index < -0.39 is 5.97 Å². The number of halogens is 3. The summed E-state index contributed by atoms with van der Waals surface area (Å²) in [6.07, 6.45) is 0.419. The van der Waals surface area contributed by atoms with Crippen molar-refractivity contribution in [1.82, 2.24) is 0 Å². The summed E-state index contributed by atoms with van der Waals surface area (Å²) in [7, 11) is 1.33. The first-order valence-electron chi connectivity index (χ1n) is 6.65. The number of hydrogen-bond donors (Lipinski definition) is 0. The first-order valence-corrected chi connectivity index (χ1v) is 8.60. The minimum atomic E-state index is -0.453. The van der Waals surface area contributed by atoms with Crippen molar-refractivity contribution >= 4 is 63.5 Å². The standard InChI is InChI=1S/C15H11Cl3N2O2S/c1-22-15(21)10-7-12(13-4-5-14(18)23-13)20(19-10)11-3-2-8(16)6-9(11)17/h2-6,12H,7H2,1H3/t12-/m1/s1. The quantitative estimate of drug-likeness (QED) is 0.678. The third-order valence-electron chi connectivity index (χ3n) is 3.41. The van der Waals surface area contributed by atoms with Crippen molar-refractivity contribution in [1.29, 1.82) is 0 Å². The molecule has 0 spiro atoms. The molecule has 0 amide bonds. The van der Waals surface area contributed by atoms with Gasteiger partial charge in [-0.05, 0) is 30.3 Å². The summed E-state index contributed by atoms with van der Waals surface area (Å²) >= 11 is 19.7.